The first kappa shape index (κ1) is 27.3. The molecule has 8 rings (SSSR count). The molecule has 0 aliphatic heterocycles. The Labute approximate surface area is 263 Å². The number of rotatable bonds is 6. The fourth-order valence-corrected chi connectivity index (χ4v) is 7.00. The fraction of sp³-hybridized carbons (Fsp3) is 0.0250. The Kier molecular flexibility index (Phi) is 7.07. The van der Waals surface area contributed by atoms with Crippen LogP contribution in [-0.4, -0.2) is 10.4 Å². The van der Waals surface area contributed by atoms with Gasteiger partial charge in [0.1, 0.15) is 12.0 Å². The molecule has 45 heavy (non-hydrogen) atoms. The Bertz CT molecular complexity index is 2340. The summed E-state index contributed by atoms with van der Waals surface area (Å²) in [6, 6.07) is 55.5. The molecule has 8 aromatic rings. The molecule has 2 atom stereocenters. The first-order valence-electron chi connectivity index (χ1n) is 15.1. The molecule has 0 fully saturated rings. The van der Waals surface area contributed by atoms with Crippen molar-refractivity contribution in [3.05, 3.63) is 169 Å². The van der Waals surface area contributed by atoms with Gasteiger partial charge >= 0.3 is 0 Å². The number of hydrogen-bond acceptors (Lipinski definition) is 2. The van der Waals surface area contributed by atoms with Gasteiger partial charge in [0.05, 0.1) is 16.7 Å². The van der Waals surface area contributed by atoms with Crippen LogP contribution in [0.5, 0.6) is 0 Å². The lowest BCUT2D eigenvalue weighted by molar-refractivity contribution is 0.684. The van der Waals surface area contributed by atoms with Crippen LogP contribution in [0.4, 0.5) is 0 Å². The van der Waals surface area contributed by atoms with E-state index in [2.05, 4.69) is 131 Å². The lowest BCUT2D eigenvalue weighted by Gasteiger charge is -2.19. The predicted octanol–water partition coefficient (Wildman–Crippen LogP) is 9.00. The molecular weight excluding hydrogens is 567 g/mol. The number of aromatic nitrogens is 1. The lowest BCUT2D eigenvalue weighted by atomic mass is 10.0. The van der Waals surface area contributed by atoms with Crippen LogP contribution >= 0.6 is 8.73 Å². The number of benzene rings is 7. The number of nitrogens with zero attached hydrogens (tertiary/aromatic N) is 2. The topological polar surface area (TPSA) is 55.3 Å². The van der Waals surface area contributed by atoms with Crippen LogP contribution in [0, 0.1) is 0 Å². The standard InChI is InChI=1S/C40H31N4P/c41-39(42-40(27-12-3-1-4-13-27)43-45-32-17-5-2-6-18-32)31-22-23-33-30(24-31)16-11-21-36(33)44-37-20-10-9-19-34(37)35-25-28-14-7-8-15-29(28)26-38(35)44/h1-26,39,45H,41H2,(H,42,43). The smallest absolute Gasteiger partial charge is 0.133 e. The number of fused-ring (bicyclic) bond motifs is 5. The van der Waals surface area contributed by atoms with Gasteiger partial charge in [-0.05, 0) is 57.4 Å². The summed E-state index contributed by atoms with van der Waals surface area (Å²) in [6.07, 6.45) is -0.433. The molecule has 216 valence electrons. The summed E-state index contributed by atoms with van der Waals surface area (Å²) in [5.74, 6) is 0.789. The molecule has 0 aliphatic carbocycles. The van der Waals surface area contributed by atoms with Crippen molar-refractivity contribution in [3.8, 4) is 5.69 Å². The van der Waals surface area contributed by atoms with Gasteiger partial charge in [0.25, 0.3) is 0 Å². The molecule has 0 radical (unpaired) electrons. The SMILES string of the molecule is NC(N/C(=N\Pc1ccccc1)c1ccccc1)c1ccc2c(-n3c4ccccc4c4cc5ccccc5cc43)cccc2c1. The second-order valence-electron chi connectivity index (χ2n) is 11.3. The summed E-state index contributed by atoms with van der Waals surface area (Å²) in [6.45, 7) is 0. The molecule has 5 heteroatoms. The molecular formula is C40H31N4P. The highest BCUT2D eigenvalue weighted by Gasteiger charge is 2.16. The van der Waals surface area contributed by atoms with E-state index in [1.54, 1.807) is 0 Å². The van der Waals surface area contributed by atoms with Gasteiger partial charge in [-0.3, -0.25) is 0 Å². The Morgan fingerprint density at radius 2 is 1.27 bits per heavy atom. The number of para-hydroxylation sites is 1. The third kappa shape index (κ3) is 5.15. The summed E-state index contributed by atoms with van der Waals surface area (Å²) < 4.78 is 7.37. The van der Waals surface area contributed by atoms with Gasteiger partial charge in [0, 0.05) is 30.5 Å². The molecule has 0 saturated heterocycles. The summed E-state index contributed by atoms with van der Waals surface area (Å²) in [5.41, 5.74) is 12.4. The second kappa shape index (κ2) is 11.7. The zero-order chi connectivity index (χ0) is 30.2. The van der Waals surface area contributed by atoms with Crippen LogP contribution in [0.2, 0.25) is 0 Å². The highest BCUT2D eigenvalue weighted by molar-refractivity contribution is 7.46. The van der Waals surface area contributed by atoms with E-state index in [-0.39, 0.29) is 8.73 Å². The normalized spacial score (nSPS) is 13.0. The quantitative estimate of drug-likeness (QED) is 0.0869. The molecule has 3 N–H and O–H groups in total. The molecule has 0 saturated carbocycles. The zero-order valence-corrected chi connectivity index (χ0v) is 25.6. The van der Waals surface area contributed by atoms with Gasteiger partial charge in [-0.1, -0.05) is 127 Å². The maximum absolute atomic E-state index is 6.83. The largest absolute Gasteiger partial charge is 0.351 e. The van der Waals surface area contributed by atoms with Crippen LogP contribution in [-0.2, 0) is 0 Å². The van der Waals surface area contributed by atoms with Gasteiger partial charge in [-0.25, -0.2) is 4.76 Å². The molecule has 0 amide bonds. The van der Waals surface area contributed by atoms with E-state index in [9.17, 15) is 0 Å². The van der Waals surface area contributed by atoms with E-state index in [1.807, 2.05) is 36.4 Å². The van der Waals surface area contributed by atoms with Crippen molar-refractivity contribution in [1.29, 1.82) is 0 Å². The van der Waals surface area contributed by atoms with E-state index >= 15 is 0 Å². The first-order chi connectivity index (χ1) is 22.2. The number of amidine groups is 1. The van der Waals surface area contributed by atoms with Crippen LogP contribution < -0.4 is 16.4 Å². The van der Waals surface area contributed by atoms with Crippen molar-refractivity contribution < 1.29 is 0 Å². The van der Waals surface area contributed by atoms with Crippen LogP contribution in [0.25, 0.3) is 49.0 Å². The van der Waals surface area contributed by atoms with Crippen molar-refractivity contribution in [2.24, 2.45) is 10.5 Å². The summed E-state index contributed by atoms with van der Waals surface area (Å²) in [7, 11) is 0.282. The molecule has 7 aromatic carbocycles. The van der Waals surface area contributed by atoms with Crippen molar-refractivity contribution in [3.63, 3.8) is 0 Å². The number of nitrogens with one attached hydrogen (secondary N) is 1. The average molecular weight is 599 g/mol. The highest BCUT2D eigenvalue weighted by atomic mass is 31.1. The van der Waals surface area contributed by atoms with Gasteiger partial charge in [-0.15, -0.1) is 0 Å². The zero-order valence-electron chi connectivity index (χ0n) is 24.6. The number of nitrogens with two attached hydrogens (primary N) is 1. The van der Waals surface area contributed by atoms with Gasteiger partial charge in [0.2, 0.25) is 0 Å². The number of hydrogen-bond donors (Lipinski definition) is 2. The second-order valence-corrected chi connectivity index (χ2v) is 12.3. The predicted molar refractivity (Wildman–Crippen MR) is 193 cm³/mol. The summed E-state index contributed by atoms with van der Waals surface area (Å²) >= 11 is 0. The third-order valence-corrected chi connectivity index (χ3v) is 9.36. The maximum atomic E-state index is 6.83. The van der Waals surface area contributed by atoms with Crippen molar-refractivity contribution >= 4 is 63.2 Å². The monoisotopic (exact) mass is 598 g/mol. The first-order valence-corrected chi connectivity index (χ1v) is 16.1. The van der Waals surface area contributed by atoms with Crippen molar-refractivity contribution in [2.75, 3.05) is 0 Å². The van der Waals surface area contributed by atoms with Gasteiger partial charge in [-0.2, -0.15) is 0 Å². The summed E-state index contributed by atoms with van der Waals surface area (Å²) in [5, 5.41) is 12.0. The third-order valence-electron chi connectivity index (χ3n) is 8.43. The molecule has 0 spiro atoms. The van der Waals surface area contributed by atoms with Crippen molar-refractivity contribution in [1.82, 2.24) is 9.88 Å². The van der Waals surface area contributed by atoms with Gasteiger partial charge in [0.15, 0.2) is 0 Å². The van der Waals surface area contributed by atoms with Gasteiger partial charge < -0.3 is 15.6 Å². The average Bonchev–Trinajstić information content (AvgIpc) is 3.42. The molecule has 0 bridgehead atoms. The molecule has 0 aliphatic rings. The van der Waals surface area contributed by atoms with Crippen LogP contribution in [0.1, 0.15) is 17.3 Å². The lowest BCUT2D eigenvalue weighted by Crippen LogP contribution is -2.34. The van der Waals surface area contributed by atoms with Crippen LogP contribution in [0.3, 0.4) is 0 Å². The Morgan fingerprint density at radius 3 is 2.09 bits per heavy atom. The fourth-order valence-electron chi connectivity index (χ4n) is 6.23. The Morgan fingerprint density at radius 1 is 0.578 bits per heavy atom. The summed E-state index contributed by atoms with van der Waals surface area (Å²) in [4.78, 5) is 0. The molecule has 2 unspecified atom stereocenters. The minimum atomic E-state index is -0.433. The molecule has 1 aromatic heterocycles. The minimum absolute atomic E-state index is 0.282. The highest BCUT2D eigenvalue weighted by Crippen LogP contribution is 2.37. The van der Waals surface area contributed by atoms with E-state index in [4.69, 9.17) is 10.5 Å². The van der Waals surface area contributed by atoms with E-state index in [1.165, 1.54) is 43.3 Å². The van der Waals surface area contributed by atoms with Crippen LogP contribution in [0.15, 0.2) is 162 Å². The Balaban J connectivity index is 1.20. The molecule has 4 nitrogen and oxygen atoms in total. The molecule has 1 heterocycles. The van der Waals surface area contributed by atoms with E-state index in [0.717, 1.165) is 28.0 Å². The maximum Gasteiger partial charge on any atom is 0.133 e. The van der Waals surface area contributed by atoms with E-state index < -0.39 is 6.17 Å². The van der Waals surface area contributed by atoms with E-state index in [0.29, 0.717) is 0 Å². The van der Waals surface area contributed by atoms with Crippen molar-refractivity contribution in [2.45, 2.75) is 6.17 Å². The minimum Gasteiger partial charge on any atom is -0.351 e. The Hall–Kier alpha value is -5.28.